The molecule has 0 unspecified atom stereocenters. The van der Waals surface area contributed by atoms with Crippen LogP contribution in [0.5, 0.6) is 5.75 Å². The first-order chi connectivity index (χ1) is 14.7. The molecule has 0 spiro atoms. The van der Waals surface area contributed by atoms with Crippen molar-refractivity contribution < 1.29 is 31.1 Å². The number of ether oxygens (including phenoxy) is 1. The highest BCUT2D eigenvalue weighted by molar-refractivity contribution is 5.62. The molecule has 0 N–H and O–H groups in total. The van der Waals surface area contributed by atoms with Crippen LogP contribution in [0.3, 0.4) is 0 Å². The Kier molecular flexibility index (Phi) is 7.34. The minimum Gasteiger partial charge on any atom is -0.427 e. The van der Waals surface area contributed by atoms with Crippen LogP contribution < -0.4 is 4.74 Å². The summed E-state index contributed by atoms with van der Waals surface area (Å²) in [6.07, 6.45) is 1.94. The van der Waals surface area contributed by atoms with E-state index in [0.29, 0.717) is 24.1 Å². The molecule has 3 rings (SSSR count). The van der Waals surface area contributed by atoms with E-state index in [9.17, 15) is 26.3 Å². The molecule has 0 aliphatic heterocycles. The molecule has 168 valence electrons. The van der Waals surface area contributed by atoms with Gasteiger partial charge >= 0.3 is 6.11 Å². The van der Waals surface area contributed by atoms with Crippen molar-refractivity contribution in [3.8, 4) is 5.75 Å². The highest BCUT2D eigenvalue weighted by atomic mass is 19.3. The van der Waals surface area contributed by atoms with Gasteiger partial charge in [-0.2, -0.15) is 13.2 Å². The predicted molar refractivity (Wildman–Crippen MR) is 107 cm³/mol. The molecule has 0 aromatic heterocycles. The highest BCUT2D eigenvalue weighted by Crippen LogP contribution is 2.39. The highest BCUT2D eigenvalue weighted by Gasteiger charge is 2.42. The Morgan fingerprint density at radius 1 is 0.935 bits per heavy atom. The molecule has 0 heterocycles. The Labute approximate surface area is 177 Å². The van der Waals surface area contributed by atoms with Gasteiger partial charge in [0.1, 0.15) is 5.75 Å². The van der Waals surface area contributed by atoms with E-state index in [4.69, 9.17) is 0 Å². The molecule has 0 atom stereocenters. The summed E-state index contributed by atoms with van der Waals surface area (Å²) in [6, 6.07) is 7.35. The second-order valence-corrected chi connectivity index (χ2v) is 7.95. The second kappa shape index (κ2) is 9.79. The fourth-order valence-electron chi connectivity index (χ4n) is 4.08. The summed E-state index contributed by atoms with van der Waals surface area (Å²) >= 11 is 0. The summed E-state index contributed by atoms with van der Waals surface area (Å²) in [7, 11) is 0. The number of halogens is 6. The number of hydrogen-bond donors (Lipinski definition) is 0. The van der Waals surface area contributed by atoms with E-state index in [1.165, 1.54) is 18.6 Å². The zero-order valence-corrected chi connectivity index (χ0v) is 17.1. The van der Waals surface area contributed by atoms with Crippen LogP contribution >= 0.6 is 0 Å². The molecule has 1 saturated carbocycles. The molecule has 0 radical (unpaired) electrons. The molecular weight excluding hydrogens is 418 g/mol. The van der Waals surface area contributed by atoms with Crippen LogP contribution in [0.25, 0.3) is 5.83 Å². The zero-order valence-electron chi connectivity index (χ0n) is 17.1. The van der Waals surface area contributed by atoms with Gasteiger partial charge in [-0.1, -0.05) is 44.0 Å². The van der Waals surface area contributed by atoms with Crippen LogP contribution in [0.15, 0.2) is 48.3 Å². The third-order valence-corrected chi connectivity index (χ3v) is 5.76. The van der Waals surface area contributed by atoms with Gasteiger partial charge in [-0.3, -0.25) is 0 Å². The molecule has 1 fully saturated rings. The first-order valence-electron chi connectivity index (χ1n) is 10.4. The van der Waals surface area contributed by atoms with Crippen molar-refractivity contribution in [1.29, 1.82) is 0 Å². The van der Waals surface area contributed by atoms with Crippen molar-refractivity contribution in [2.75, 3.05) is 0 Å². The predicted octanol–water partition coefficient (Wildman–Crippen LogP) is 8.32. The van der Waals surface area contributed by atoms with Gasteiger partial charge in [0.25, 0.3) is 0 Å². The third-order valence-electron chi connectivity index (χ3n) is 5.76. The molecule has 0 saturated heterocycles. The zero-order chi connectivity index (χ0) is 22.6. The molecule has 31 heavy (non-hydrogen) atoms. The number of hydrogen-bond acceptors (Lipinski definition) is 1. The largest absolute Gasteiger partial charge is 0.457 e. The van der Waals surface area contributed by atoms with E-state index in [2.05, 4.69) is 11.7 Å². The lowest BCUT2D eigenvalue weighted by Gasteiger charge is -2.28. The summed E-state index contributed by atoms with van der Waals surface area (Å²) in [6.45, 7) is 2.17. The monoisotopic (exact) mass is 442 g/mol. The lowest BCUT2D eigenvalue weighted by atomic mass is 9.77. The summed E-state index contributed by atoms with van der Waals surface area (Å²) in [4.78, 5) is 0. The van der Waals surface area contributed by atoms with Crippen LogP contribution in [-0.2, 0) is 0 Å². The molecule has 2 aromatic rings. The van der Waals surface area contributed by atoms with Gasteiger partial charge in [0.15, 0.2) is 17.5 Å². The maximum absolute atomic E-state index is 14.4. The van der Waals surface area contributed by atoms with Gasteiger partial charge in [-0.25, -0.2) is 13.2 Å². The SMILES string of the molecule is CCCC1CCC(c2ccc(/C(F)=C(\F)C(F)(F)Oc3ccc(F)c(F)c3)cc2)CC1. The summed E-state index contributed by atoms with van der Waals surface area (Å²) in [5, 5.41) is 0. The maximum atomic E-state index is 14.4. The van der Waals surface area contributed by atoms with Gasteiger partial charge < -0.3 is 4.74 Å². The average molecular weight is 442 g/mol. The summed E-state index contributed by atoms with van der Waals surface area (Å²) in [5.41, 5.74) is 0.617. The standard InChI is InChI=1S/C24H24F6O/c1-2-3-15-4-6-16(7-5-15)17-8-10-18(11-9-17)22(27)23(28)24(29,30)31-19-12-13-20(25)21(26)14-19/h8-16H,2-7H2,1H3/b23-22+. The van der Waals surface area contributed by atoms with Crippen molar-refractivity contribution in [3.05, 3.63) is 71.1 Å². The van der Waals surface area contributed by atoms with Crippen molar-refractivity contribution >= 4 is 5.83 Å². The number of alkyl halides is 2. The molecule has 2 aromatic carbocycles. The van der Waals surface area contributed by atoms with Crippen molar-refractivity contribution in [2.24, 2.45) is 5.92 Å². The van der Waals surface area contributed by atoms with Gasteiger partial charge in [-0.05, 0) is 55.2 Å². The quantitative estimate of drug-likeness (QED) is 0.392. The maximum Gasteiger partial charge on any atom is 0.457 e. The number of benzene rings is 2. The summed E-state index contributed by atoms with van der Waals surface area (Å²) in [5.74, 6) is -6.73. The van der Waals surface area contributed by atoms with Crippen LogP contribution in [0.4, 0.5) is 26.3 Å². The Bertz CT molecular complexity index is 914. The van der Waals surface area contributed by atoms with Crippen molar-refractivity contribution in [1.82, 2.24) is 0 Å². The van der Waals surface area contributed by atoms with Crippen LogP contribution in [0.2, 0.25) is 0 Å². The van der Waals surface area contributed by atoms with Crippen molar-refractivity contribution in [2.45, 2.75) is 57.5 Å². The van der Waals surface area contributed by atoms with E-state index >= 15 is 0 Å². The molecule has 1 aliphatic carbocycles. The Hall–Kier alpha value is -2.44. The Morgan fingerprint density at radius 3 is 2.16 bits per heavy atom. The minimum absolute atomic E-state index is 0.317. The van der Waals surface area contributed by atoms with E-state index in [1.807, 2.05) is 0 Å². The third kappa shape index (κ3) is 5.63. The molecule has 0 bridgehead atoms. The lowest BCUT2D eigenvalue weighted by molar-refractivity contribution is -0.156. The van der Waals surface area contributed by atoms with Crippen molar-refractivity contribution in [3.63, 3.8) is 0 Å². The van der Waals surface area contributed by atoms with E-state index < -0.39 is 35.1 Å². The van der Waals surface area contributed by atoms with Crippen LogP contribution in [0, 0.1) is 17.6 Å². The van der Waals surface area contributed by atoms with E-state index in [-0.39, 0.29) is 5.56 Å². The minimum atomic E-state index is -4.69. The topological polar surface area (TPSA) is 9.23 Å². The van der Waals surface area contributed by atoms with Gasteiger partial charge in [0.05, 0.1) is 0 Å². The smallest absolute Gasteiger partial charge is 0.427 e. The van der Waals surface area contributed by atoms with Gasteiger partial charge in [-0.15, -0.1) is 0 Å². The second-order valence-electron chi connectivity index (χ2n) is 7.95. The van der Waals surface area contributed by atoms with E-state index in [0.717, 1.165) is 43.6 Å². The first-order valence-corrected chi connectivity index (χ1v) is 10.4. The number of rotatable bonds is 7. The molecule has 1 nitrogen and oxygen atoms in total. The van der Waals surface area contributed by atoms with Crippen LogP contribution in [0.1, 0.15) is 62.5 Å². The molecule has 7 heteroatoms. The summed E-state index contributed by atoms with van der Waals surface area (Å²) < 4.78 is 86.7. The molecule has 0 amide bonds. The normalized spacial score (nSPS) is 20.4. The lowest BCUT2D eigenvalue weighted by Crippen LogP contribution is -2.26. The van der Waals surface area contributed by atoms with Gasteiger partial charge in [0, 0.05) is 11.6 Å². The Morgan fingerprint density at radius 2 is 1.58 bits per heavy atom. The van der Waals surface area contributed by atoms with E-state index in [1.54, 1.807) is 12.1 Å². The fraction of sp³-hybridized carbons (Fsp3) is 0.417. The fourth-order valence-corrected chi connectivity index (χ4v) is 4.08. The first kappa shape index (κ1) is 23.2. The Balaban J connectivity index is 1.71. The van der Waals surface area contributed by atoms with Gasteiger partial charge in [0.2, 0.25) is 5.83 Å². The average Bonchev–Trinajstić information content (AvgIpc) is 2.76. The molecular formula is C24H24F6O. The molecule has 1 aliphatic rings. The van der Waals surface area contributed by atoms with Crippen LogP contribution in [-0.4, -0.2) is 6.11 Å².